The molecule has 3 nitrogen and oxygen atoms in total. The molecule has 0 fully saturated rings. The van der Waals surface area contributed by atoms with Crippen LogP contribution in [0.2, 0.25) is 0 Å². The second-order valence-electron chi connectivity index (χ2n) is 4.61. The molecule has 1 unspecified atom stereocenters. The van der Waals surface area contributed by atoms with Gasteiger partial charge in [-0.25, -0.2) is 4.39 Å². The van der Waals surface area contributed by atoms with Gasteiger partial charge in [0.15, 0.2) is 0 Å². The third kappa shape index (κ3) is 3.88. The molecule has 2 aromatic rings. The van der Waals surface area contributed by atoms with Crippen LogP contribution in [0.25, 0.3) is 0 Å². The Morgan fingerprint density at radius 2 is 2.20 bits per heavy atom. The van der Waals surface area contributed by atoms with Crippen LogP contribution in [0.15, 0.2) is 41.8 Å². The average Bonchev–Trinajstić information content (AvgIpc) is 2.92. The van der Waals surface area contributed by atoms with Crippen molar-refractivity contribution >= 4 is 17.2 Å². The molecule has 106 valence electrons. The van der Waals surface area contributed by atoms with Gasteiger partial charge in [0.05, 0.1) is 13.0 Å². The highest BCUT2D eigenvalue weighted by molar-refractivity contribution is 7.10. The molecule has 1 aromatic carbocycles. The molecule has 0 aliphatic heterocycles. The zero-order valence-corrected chi connectivity index (χ0v) is 11.9. The zero-order chi connectivity index (χ0) is 14.5. The Bertz CT molecular complexity index is 571. The molecular weight excluding hydrogens is 277 g/mol. The van der Waals surface area contributed by atoms with Crippen LogP contribution in [0.3, 0.4) is 0 Å². The summed E-state index contributed by atoms with van der Waals surface area (Å²) in [7, 11) is 1.64. The van der Waals surface area contributed by atoms with Crippen molar-refractivity contribution in [3.8, 4) is 0 Å². The number of aliphatic hydroxyl groups is 1. The number of amides is 1. The summed E-state index contributed by atoms with van der Waals surface area (Å²) < 4.78 is 13.1. The fourth-order valence-corrected chi connectivity index (χ4v) is 2.59. The Hall–Kier alpha value is -1.72. The number of likely N-dealkylation sites (N-methyl/N-ethyl adjacent to an activating group) is 1. The minimum atomic E-state index is -0.684. The van der Waals surface area contributed by atoms with Crippen LogP contribution >= 0.6 is 11.3 Å². The molecule has 0 spiro atoms. The number of aliphatic hydroxyl groups excluding tert-OH is 1. The van der Waals surface area contributed by atoms with Gasteiger partial charge in [0, 0.05) is 11.9 Å². The maximum atomic E-state index is 13.1. The molecule has 0 bridgehead atoms. The topological polar surface area (TPSA) is 40.5 Å². The second kappa shape index (κ2) is 6.63. The maximum Gasteiger partial charge on any atom is 0.226 e. The summed E-state index contributed by atoms with van der Waals surface area (Å²) in [5, 5.41) is 11.9. The molecule has 20 heavy (non-hydrogen) atoms. The standard InChI is InChI=1S/C15H16FNO2S/c1-17(10-13(18)14-6-3-7-20-14)15(19)9-11-4-2-5-12(16)8-11/h2-8,13,18H,9-10H2,1H3. The van der Waals surface area contributed by atoms with E-state index in [0.29, 0.717) is 5.56 Å². The van der Waals surface area contributed by atoms with Gasteiger partial charge in [0.1, 0.15) is 11.9 Å². The van der Waals surface area contributed by atoms with Crippen LogP contribution in [0, 0.1) is 5.82 Å². The lowest BCUT2D eigenvalue weighted by Crippen LogP contribution is -2.32. The molecule has 5 heteroatoms. The van der Waals surface area contributed by atoms with Gasteiger partial charge in [-0.2, -0.15) is 0 Å². The number of carbonyl (C=O) groups is 1. The summed E-state index contributed by atoms with van der Waals surface area (Å²) in [6.45, 7) is 0.231. The molecule has 1 aromatic heterocycles. The van der Waals surface area contributed by atoms with Crippen molar-refractivity contribution in [2.75, 3.05) is 13.6 Å². The Morgan fingerprint density at radius 1 is 1.40 bits per heavy atom. The Balaban J connectivity index is 1.92. The Morgan fingerprint density at radius 3 is 2.85 bits per heavy atom. The van der Waals surface area contributed by atoms with Crippen LogP contribution in [-0.4, -0.2) is 29.5 Å². The van der Waals surface area contributed by atoms with Crippen LogP contribution in [0.4, 0.5) is 4.39 Å². The van der Waals surface area contributed by atoms with Crippen molar-refractivity contribution in [3.05, 3.63) is 58.0 Å². The number of halogens is 1. The van der Waals surface area contributed by atoms with E-state index in [4.69, 9.17) is 0 Å². The van der Waals surface area contributed by atoms with E-state index < -0.39 is 6.10 Å². The largest absolute Gasteiger partial charge is 0.386 e. The minimum absolute atomic E-state index is 0.130. The molecule has 1 atom stereocenters. The average molecular weight is 293 g/mol. The van der Waals surface area contributed by atoms with Gasteiger partial charge < -0.3 is 10.0 Å². The minimum Gasteiger partial charge on any atom is -0.386 e. The third-order valence-electron chi connectivity index (χ3n) is 2.99. The molecule has 0 saturated heterocycles. The first-order valence-electron chi connectivity index (χ1n) is 6.26. The van der Waals surface area contributed by atoms with Gasteiger partial charge >= 0.3 is 0 Å². The summed E-state index contributed by atoms with van der Waals surface area (Å²) in [6, 6.07) is 9.68. The van der Waals surface area contributed by atoms with Crippen molar-refractivity contribution in [3.63, 3.8) is 0 Å². The summed E-state index contributed by atoms with van der Waals surface area (Å²) in [4.78, 5) is 14.3. The van der Waals surface area contributed by atoms with Gasteiger partial charge in [-0.1, -0.05) is 18.2 Å². The summed E-state index contributed by atoms with van der Waals surface area (Å²) in [6.07, 6.45) is -0.553. The smallest absolute Gasteiger partial charge is 0.226 e. The Kier molecular flexibility index (Phi) is 4.87. The Labute approximate surface area is 121 Å². The van der Waals surface area contributed by atoms with Crippen LogP contribution in [-0.2, 0) is 11.2 Å². The van der Waals surface area contributed by atoms with E-state index in [1.54, 1.807) is 19.2 Å². The molecule has 1 heterocycles. The van der Waals surface area contributed by atoms with Crippen molar-refractivity contribution in [2.45, 2.75) is 12.5 Å². The fraction of sp³-hybridized carbons (Fsp3) is 0.267. The first-order valence-corrected chi connectivity index (χ1v) is 7.14. The van der Waals surface area contributed by atoms with Crippen molar-refractivity contribution < 1.29 is 14.3 Å². The fourth-order valence-electron chi connectivity index (χ4n) is 1.89. The number of nitrogens with zero attached hydrogens (tertiary/aromatic N) is 1. The third-order valence-corrected chi connectivity index (χ3v) is 3.96. The highest BCUT2D eigenvalue weighted by Gasteiger charge is 2.16. The summed E-state index contributed by atoms with van der Waals surface area (Å²) in [5.41, 5.74) is 0.632. The van der Waals surface area contributed by atoms with E-state index in [1.165, 1.54) is 28.4 Å². The first-order chi connectivity index (χ1) is 9.56. The van der Waals surface area contributed by atoms with Gasteiger partial charge in [-0.15, -0.1) is 11.3 Å². The number of hydrogen-bond acceptors (Lipinski definition) is 3. The summed E-state index contributed by atoms with van der Waals surface area (Å²) in [5.74, 6) is -0.497. The first kappa shape index (κ1) is 14.7. The van der Waals surface area contributed by atoms with Crippen molar-refractivity contribution in [2.24, 2.45) is 0 Å². The van der Waals surface area contributed by atoms with Crippen LogP contribution in [0.5, 0.6) is 0 Å². The van der Waals surface area contributed by atoms with Gasteiger partial charge in [0.25, 0.3) is 0 Å². The van der Waals surface area contributed by atoms with E-state index in [0.717, 1.165) is 4.88 Å². The lowest BCUT2D eigenvalue weighted by molar-refractivity contribution is -0.130. The SMILES string of the molecule is CN(CC(O)c1cccs1)C(=O)Cc1cccc(F)c1. The molecule has 1 N–H and O–H groups in total. The molecule has 0 radical (unpaired) electrons. The predicted molar refractivity (Wildman–Crippen MR) is 77.0 cm³/mol. The lowest BCUT2D eigenvalue weighted by atomic mass is 10.1. The normalized spacial score (nSPS) is 12.2. The molecule has 0 saturated carbocycles. The van der Waals surface area contributed by atoms with Gasteiger partial charge in [-0.05, 0) is 29.1 Å². The van der Waals surface area contributed by atoms with E-state index in [9.17, 15) is 14.3 Å². The van der Waals surface area contributed by atoms with Crippen LogP contribution in [0.1, 0.15) is 16.5 Å². The molecule has 0 aliphatic rings. The number of hydrogen-bond donors (Lipinski definition) is 1. The van der Waals surface area contributed by atoms with Gasteiger partial charge in [-0.3, -0.25) is 4.79 Å². The monoisotopic (exact) mass is 293 g/mol. The van der Waals surface area contributed by atoms with E-state index >= 15 is 0 Å². The molecule has 2 rings (SSSR count). The molecular formula is C15H16FNO2S. The van der Waals surface area contributed by atoms with Gasteiger partial charge in [0.2, 0.25) is 5.91 Å². The number of rotatable bonds is 5. The van der Waals surface area contributed by atoms with Crippen LogP contribution < -0.4 is 0 Å². The molecule has 0 aliphatic carbocycles. The number of thiophene rings is 1. The van der Waals surface area contributed by atoms with E-state index in [1.807, 2.05) is 17.5 Å². The number of carbonyl (C=O) groups excluding carboxylic acids is 1. The number of benzene rings is 1. The maximum absolute atomic E-state index is 13.1. The quantitative estimate of drug-likeness (QED) is 0.920. The highest BCUT2D eigenvalue weighted by atomic mass is 32.1. The van der Waals surface area contributed by atoms with Crippen molar-refractivity contribution in [1.82, 2.24) is 4.90 Å². The van der Waals surface area contributed by atoms with E-state index in [2.05, 4.69) is 0 Å². The zero-order valence-electron chi connectivity index (χ0n) is 11.1. The van der Waals surface area contributed by atoms with E-state index in [-0.39, 0.29) is 24.7 Å². The molecule has 1 amide bonds. The lowest BCUT2D eigenvalue weighted by Gasteiger charge is -2.20. The highest BCUT2D eigenvalue weighted by Crippen LogP contribution is 2.19. The van der Waals surface area contributed by atoms with Crippen molar-refractivity contribution in [1.29, 1.82) is 0 Å². The summed E-state index contributed by atoms with van der Waals surface area (Å²) >= 11 is 1.45. The second-order valence-corrected chi connectivity index (χ2v) is 5.59. The predicted octanol–water partition coefficient (Wildman–Crippen LogP) is 2.62.